The van der Waals surface area contributed by atoms with Gasteiger partial charge in [-0.25, -0.2) is 9.97 Å². The molecule has 31 heavy (non-hydrogen) atoms. The van der Waals surface area contributed by atoms with Crippen molar-refractivity contribution in [2.75, 3.05) is 25.0 Å². The number of halogens is 2. The zero-order chi connectivity index (χ0) is 21.8. The van der Waals surface area contributed by atoms with E-state index in [4.69, 9.17) is 27.9 Å². The van der Waals surface area contributed by atoms with E-state index in [1.54, 1.807) is 19.4 Å². The number of aromatic nitrogens is 2. The summed E-state index contributed by atoms with van der Waals surface area (Å²) >= 11 is 12.4. The molecule has 0 bridgehead atoms. The lowest BCUT2D eigenvalue weighted by Gasteiger charge is -2.34. The molecule has 4 rings (SSSR count). The first-order valence-corrected chi connectivity index (χ1v) is 10.7. The van der Waals surface area contributed by atoms with Gasteiger partial charge in [0, 0.05) is 20.1 Å². The fourth-order valence-corrected chi connectivity index (χ4v) is 4.28. The second-order valence-corrected chi connectivity index (χ2v) is 8.01. The lowest BCUT2D eigenvalue weighted by atomic mass is 9.96. The van der Waals surface area contributed by atoms with Crippen molar-refractivity contribution in [1.29, 1.82) is 0 Å². The summed E-state index contributed by atoms with van der Waals surface area (Å²) in [7, 11) is 1.68. The van der Waals surface area contributed by atoms with Gasteiger partial charge < -0.3 is 15.1 Å². The van der Waals surface area contributed by atoms with Gasteiger partial charge in [-0.1, -0.05) is 41.4 Å². The number of hydrogen-bond acceptors (Lipinski definition) is 7. The number of anilines is 1. The summed E-state index contributed by atoms with van der Waals surface area (Å²) in [6.07, 6.45) is 3.36. The number of nitrogens with one attached hydrogen (secondary N) is 1. The summed E-state index contributed by atoms with van der Waals surface area (Å²) in [5.74, 6) is 1.17. The summed E-state index contributed by atoms with van der Waals surface area (Å²) in [6.45, 7) is 1.86. The van der Waals surface area contributed by atoms with Crippen LogP contribution in [0.5, 0.6) is 0 Å². The van der Waals surface area contributed by atoms with Crippen LogP contribution in [0.15, 0.2) is 47.8 Å². The number of carbonyl (C=O) groups is 1. The number of hydrogen-bond donors (Lipinski definition) is 1. The van der Waals surface area contributed by atoms with Crippen LogP contribution in [0.2, 0.25) is 10.0 Å². The number of piperidine rings is 1. The molecule has 3 aromatic rings. The van der Waals surface area contributed by atoms with Crippen LogP contribution in [0.4, 0.5) is 5.82 Å². The normalized spacial score (nSPS) is 16.9. The van der Waals surface area contributed by atoms with Gasteiger partial charge in [-0.15, -0.1) is 5.10 Å². The molecule has 160 valence electrons. The van der Waals surface area contributed by atoms with Crippen LogP contribution in [-0.2, 0) is 9.53 Å². The Balaban J connectivity index is 1.78. The minimum absolute atomic E-state index is 0.0337. The third-order valence-corrected chi connectivity index (χ3v) is 6.07. The lowest BCUT2D eigenvalue weighted by Crippen LogP contribution is -2.40. The number of benzene rings is 2. The Morgan fingerprint density at radius 1 is 1.26 bits per heavy atom. The predicted octanol–water partition coefficient (Wildman–Crippen LogP) is 4.53. The van der Waals surface area contributed by atoms with Crippen LogP contribution in [0, 0.1) is 5.92 Å². The third-order valence-electron chi connectivity index (χ3n) is 5.33. The highest BCUT2D eigenvalue weighted by Crippen LogP contribution is 2.37. The van der Waals surface area contributed by atoms with E-state index in [2.05, 4.69) is 25.4 Å². The molecule has 0 saturated carbocycles. The molecule has 0 radical (unpaired) electrons. The van der Waals surface area contributed by atoms with Crippen molar-refractivity contribution < 1.29 is 9.53 Å². The van der Waals surface area contributed by atoms with Gasteiger partial charge in [-0.2, -0.15) is 0 Å². The molecule has 2 heterocycles. The Morgan fingerprint density at radius 2 is 2.13 bits per heavy atom. The largest absolute Gasteiger partial charge is 0.412 e. The van der Waals surface area contributed by atoms with E-state index in [1.165, 1.54) is 0 Å². The lowest BCUT2D eigenvalue weighted by molar-refractivity contribution is -0.122. The van der Waals surface area contributed by atoms with Crippen molar-refractivity contribution in [3.05, 3.63) is 52.8 Å². The molecule has 7 nitrogen and oxygen atoms in total. The summed E-state index contributed by atoms with van der Waals surface area (Å²) in [5.41, 5.74) is 5.46. The highest BCUT2D eigenvalue weighted by Gasteiger charge is 2.28. The van der Waals surface area contributed by atoms with E-state index < -0.39 is 0 Å². The molecule has 1 saturated heterocycles. The van der Waals surface area contributed by atoms with Crippen molar-refractivity contribution in [3.8, 4) is 11.1 Å². The maximum atomic E-state index is 10.9. The third kappa shape index (κ3) is 4.43. The molecule has 9 heteroatoms. The maximum absolute atomic E-state index is 10.9. The van der Waals surface area contributed by atoms with Gasteiger partial charge >= 0.3 is 0 Å². The Hall–Kier alpha value is -2.90. The van der Waals surface area contributed by atoms with Crippen molar-refractivity contribution >= 4 is 52.3 Å². The van der Waals surface area contributed by atoms with Gasteiger partial charge in [0.1, 0.15) is 12.1 Å². The van der Waals surface area contributed by atoms with Crippen molar-refractivity contribution in [2.45, 2.75) is 12.8 Å². The number of hydrazone groups is 1. The van der Waals surface area contributed by atoms with Gasteiger partial charge in [-0.05, 0) is 42.2 Å². The molecule has 1 atom stereocenters. The molecular formula is C22H21Cl2N5O2. The Kier molecular flexibility index (Phi) is 6.53. The zero-order valence-electron chi connectivity index (χ0n) is 16.9. The highest BCUT2D eigenvalue weighted by molar-refractivity contribution is 6.42. The van der Waals surface area contributed by atoms with Crippen LogP contribution in [0.25, 0.3) is 22.0 Å². The minimum atomic E-state index is -0.0337. The van der Waals surface area contributed by atoms with E-state index in [0.717, 1.165) is 47.2 Å². The molecule has 1 unspecified atom stereocenters. The van der Waals surface area contributed by atoms with E-state index >= 15 is 0 Å². The van der Waals surface area contributed by atoms with Gasteiger partial charge in [0.2, 0.25) is 5.90 Å². The van der Waals surface area contributed by atoms with Crippen LogP contribution in [-0.4, -0.2) is 42.5 Å². The summed E-state index contributed by atoms with van der Waals surface area (Å²) < 4.78 is 5.13. The second kappa shape index (κ2) is 9.49. The van der Waals surface area contributed by atoms with Crippen molar-refractivity contribution in [3.63, 3.8) is 0 Å². The molecule has 1 N–H and O–H groups in total. The molecular weight excluding hydrogens is 437 g/mol. The average molecular weight is 458 g/mol. The van der Waals surface area contributed by atoms with Crippen molar-refractivity contribution in [2.24, 2.45) is 11.0 Å². The molecule has 2 aromatic carbocycles. The fraction of sp³-hybridized carbons (Fsp3) is 0.273. The van der Waals surface area contributed by atoms with E-state index in [0.29, 0.717) is 29.0 Å². The van der Waals surface area contributed by atoms with Gasteiger partial charge in [-0.3, -0.25) is 4.79 Å². The van der Waals surface area contributed by atoms with Crippen LogP contribution in [0.1, 0.15) is 12.8 Å². The summed E-state index contributed by atoms with van der Waals surface area (Å²) in [4.78, 5) is 22.2. The molecule has 0 spiro atoms. The standard InChI is InChI=1S/C22H21Cl2N5O2/c1-25-28-22(31-13-30)15-4-3-9-29(11-15)21-20-16(5-2-6-19(20)26-12-27-21)14-7-8-17(23)18(24)10-14/h2,5-8,10,12-13,15,25H,3-4,9,11H2,1H3/b28-22-. The number of carbonyl (C=O) groups excluding carboxylic acids is 1. The Bertz CT molecular complexity index is 1130. The zero-order valence-corrected chi connectivity index (χ0v) is 18.4. The topological polar surface area (TPSA) is 79.7 Å². The van der Waals surface area contributed by atoms with Crippen LogP contribution >= 0.6 is 23.2 Å². The Morgan fingerprint density at radius 3 is 2.90 bits per heavy atom. The van der Waals surface area contributed by atoms with E-state index in [9.17, 15) is 4.79 Å². The van der Waals surface area contributed by atoms with Gasteiger partial charge in [0.05, 0.1) is 26.9 Å². The first-order valence-electron chi connectivity index (χ1n) is 9.91. The Labute approximate surface area is 190 Å². The molecule has 1 aromatic heterocycles. The first-order chi connectivity index (χ1) is 15.1. The quantitative estimate of drug-likeness (QED) is 0.262. The highest BCUT2D eigenvalue weighted by atomic mass is 35.5. The second-order valence-electron chi connectivity index (χ2n) is 7.20. The molecule has 0 amide bonds. The SMILES string of the molecule is CN/N=C(\OC=O)C1CCCN(c2ncnc3cccc(-c4ccc(Cl)c(Cl)c4)c23)C1. The monoisotopic (exact) mass is 457 g/mol. The first kappa shape index (κ1) is 21.3. The molecule has 1 aliphatic heterocycles. The molecule has 1 aliphatic rings. The smallest absolute Gasteiger partial charge is 0.299 e. The van der Waals surface area contributed by atoms with Crippen molar-refractivity contribution in [1.82, 2.24) is 15.4 Å². The minimum Gasteiger partial charge on any atom is -0.412 e. The molecule has 0 aliphatic carbocycles. The number of fused-ring (bicyclic) bond motifs is 1. The summed E-state index contributed by atoms with van der Waals surface area (Å²) in [5, 5.41) is 6.07. The van der Waals surface area contributed by atoms with E-state index in [1.807, 2.05) is 30.3 Å². The number of nitrogens with zero attached hydrogens (tertiary/aromatic N) is 4. The van der Waals surface area contributed by atoms with Gasteiger partial charge in [0.15, 0.2) is 0 Å². The van der Waals surface area contributed by atoms with Crippen LogP contribution in [0.3, 0.4) is 0 Å². The van der Waals surface area contributed by atoms with Crippen LogP contribution < -0.4 is 10.3 Å². The van der Waals surface area contributed by atoms with Gasteiger partial charge in [0.25, 0.3) is 6.47 Å². The predicted molar refractivity (Wildman–Crippen MR) is 124 cm³/mol. The number of rotatable bonds is 5. The average Bonchev–Trinajstić information content (AvgIpc) is 2.80. The summed E-state index contributed by atoms with van der Waals surface area (Å²) in [6, 6.07) is 11.5. The maximum Gasteiger partial charge on any atom is 0.299 e. The number of ether oxygens (including phenoxy) is 1. The van der Waals surface area contributed by atoms with E-state index in [-0.39, 0.29) is 5.92 Å². The molecule has 1 fully saturated rings. The fourth-order valence-electron chi connectivity index (χ4n) is 3.98.